The number of nitrogens with one attached hydrogen (secondary N) is 2. The van der Waals surface area contributed by atoms with Crippen LogP contribution >= 0.6 is 0 Å². The number of anilines is 2. The monoisotopic (exact) mass is 458 g/mol. The molecule has 0 bridgehead atoms. The van der Waals surface area contributed by atoms with Gasteiger partial charge in [0.1, 0.15) is 11.3 Å². The average molecular weight is 458 g/mol. The van der Waals surface area contributed by atoms with Crippen LogP contribution in [0.1, 0.15) is 20.7 Å². The zero-order valence-electron chi connectivity index (χ0n) is 17.6. The average Bonchev–Trinajstić information content (AvgIpc) is 2.83. The van der Waals surface area contributed by atoms with E-state index in [1.807, 2.05) is 0 Å². The minimum absolute atomic E-state index is 0.0803. The fourth-order valence-corrected chi connectivity index (χ4v) is 3.14. The molecule has 0 fully saturated rings. The lowest BCUT2D eigenvalue weighted by Gasteiger charge is -2.10. The summed E-state index contributed by atoms with van der Waals surface area (Å²) in [5, 5.41) is 14.7. The van der Waals surface area contributed by atoms with Crippen LogP contribution in [0.4, 0.5) is 11.4 Å². The van der Waals surface area contributed by atoms with Gasteiger partial charge in [-0.1, -0.05) is 6.07 Å². The predicted molar refractivity (Wildman–Crippen MR) is 124 cm³/mol. The maximum atomic E-state index is 12.4. The molecule has 0 aliphatic carbocycles. The molecule has 0 saturated carbocycles. The molecule has 0 aliphatic rings. The number of fused-ring (bicyclic) bond motifs is 1. The second-order valence-electron chi connectivity index (χ2n) is 7.20. The third-order valence-corrected chi connectivity index (χ3v) is 4.80. The molecule has 1 aromatic heterocycles. The summed E-state index contributed by atoms with van der Waals surface area (Å²) >= 11 is 0. The largest absolute Gasteiger partial charge is 0.484 e. The topological polar surface area (TPSA) is 135 Å². The lowest BCUT2D eigenvalue weighted by atomic mass is 10.1. The Hall–Kier alpha value is -4.92. The molecule has 34 heavy (non-hydrogen) atoms. The first-order chi connectivity index (χ1) is 16.4. The number of carbonyl (C=O) groups excluding carboxylic acids is 2. The Labute approximate surface area is 192 Å². The van der Waals surface area contributed by atoms with Crippen molar-refractivity contribution in [3.8, 4) is 5.75 Å². The van der Waals surface area contributed by atoms with Crippen molar-refractivity contribution in [1.29, 1.82) is 0 Å². The Balaban J connectivity index is 1.35. The van der Waals surface area contributed by atoms with Gasteiger partial charge in [-0.15, -0.1) is 0 Å². The molecular weight excluding hydrogens is 440 g/mol. The quantitative estimate of drug-likeness (QED) is 0.384. The van der Waals surface area contributed by atoms with E-state index in [2.05, 4.69) is 10.6 Å². The molecule has 0 unspecified atom stereocenters. The van der Waals surface area contributed by atoms with Crippen LogP contribution in [0, 0.1) is 0 Å². The molecule has 3 N–H and O–H groups in total. The molecule has 170 valence electrons. The zero-order valence-corrected chi connectivity index (χ0v) is 17.6. The van der Waals surface area contributed by atoms with Gasteiger partial charge in [0.2, 0.25) is 0 Å². The first kappa shape index (κ1) is 22.3. The van der Waals surface area contributed by atoms with Crippen LogP contribution in [0.3, 0.4) is 0 Å². The number of carboxylic acids is 1. The maximum Gasteiger partial charge on any atom is 0.335 e. The van der Waals surface area contributed by atoms with Crippen molar-refractivity contribution >= 4 is 40.1 Å². The van der Waals surface area contributed by atoms with Crippen LogP contribution in [0.25, 0.3) is 11.0 Å². The van der Waals surface area contributed by atoms with E-state index in [-0.39, 0.29) is 17.6 Å². The van der Waals surface area contributed by atoms with Gasteiger partial charge in [-0.3, -0.25) is 14.4 Å². The van der Waals surface area contributed by atoms with Crippen LogP contribution in [-0.2, 0) is 4.79 Å². The summed E-state index contributed by atoms with van der Waals surface area (Å²) in [7, 11) is 0. The van der Waals surface area contributed by atoms with Gasteiger partial charge in [0, 0.05) is 29.1 Å². The highest BCUT2D eigenvalue weighted by Gasteiger charge is 2.10. The van der Waals surface area contributed by atoms with Crippen LogP contribution in [-0.4, -0.2) is 29.5 Å². The van der Waals surface area contributed by atoms with Crippen LogP contribution < -0.4 is 20.8 Å². The number of hydrogen-bond donors (Lipinski definition) is 3. The van der Waals surface area contributed by atoms with Gasteiger partial charge in [-0.05, 0) is 54.6 Å². The molecule has 4 rings (SSSR count). The summed E-state index contributed by atoms with van der Waals surface area (Å²) in [4.78, 5) is 47.4. The fourth-order valence-electron chi connectivity index (χ4n) is 3.14. The number of carboxylic acid groups (broad SMARTS) is 1. The summed E-state index contributed by atoms with van der Waals surface area (Å²) in [6.07, 6.45) is 1.29. The number of rotatable bonds is 7. The van der Waals surface area contributed by atoms with Gasteiger partial charge < -0.3 is 24.9 Å². The van der Waals surface area contributed by atoms with Crippen LogP contribution in [0.2, 0.25) is 0 Å². The molecule has 3 aromatic carbocycles. The number of benzene rings is 3. The second-order valence-corrected chi connectivity index (χ2v) is 7.20. The van der Waals surface area contributed by atoms with Gasteiger partial charge in [0.15, 0.2) is 12.0 Å². The van der Waals surface area contributed by atoms with Gasteiger partial charge in [0.05, 0.1) is 17.2 Å². The lowest BCUT2D eigenvalue weighted by molar-refractivity contribution is -0.118. The minimum atomic E-state index is -1.08. The summed E-state index contributed by atoms with van der Waals surface area (Å²) in [5.41, 5.74) is 1.43. The highest BCUT2D eigenvalue weighted by molar-refractivity contribution is 6.05. The van der Waals surface area contributed by atoms with E-state index in [0.29, 0.717) is 33.7 Å². The number of aromatic carboxylic acids is 1. The SMILES string of the molecule is O=C(COc1ccc2c(=O)ccoc2c1)Nc1cccc(NC(=O)c2ccc(C(=O)O)cc2)c1. The van der Waals surface area contributed by atoms with E-state index in [1.54, 1.807) is 36.4 Å². The van der Waals surface area contributed by atoms with Crippen molar-refractivity contribution in [2.45, 2.75) is 0 Å². The molecule has 0 saturated heterocycles. The van der Waals surface area contributed by atoms with E-state index in [4.69, 9.17) is 14.3 Å². The molecule has 4 aromatic rings. The molecule has 0 radical (unpaired) electrons. The highest BCUT2D eigenvalue weighted by atomic mass is 16.5. The first-order valence-electron chi connectivity index (χ1n) is 10.1. The minimum Gasteiger partial charge on any atom is -0.484 e. The lowest BCUT2D eigenvalue weighted by Crippen LogP contribution is -2.20. The van der Waals surface area contributed by atoms with Crippen molar-refractivity contribution in [1.82, 2.24) is 0 Å². The fraction of sp³-hybridized carbons (Fsp3) is 0.0400. The van der Waals surface area contributed by atoms with Crippen molar-refractivity contribution in [3.63, 3.8) is 0 Å². The summed E-state index contributed by atoms with van der Waals surface area (Å²) in [5.74, 6) is -1.56. The molecule has 9 nitrogen and oxygen atoms in total. The molecule has 2 amide bonds. The van der Waals surface area contributed by atoms with E-state index in [1.165, 1.54) is 42.7 Å². The van der Waals surface area contributed by atoms with Gasteiger partial charge in [0.25, 0.3) is 11.8 Å². The van der Waals surface area contributed by atoms with Crippen LogP contribution in [0.15, 0.2) is 88.3 Å². The molecule has 0 aliphatic heterocycles. The van der Waals surface area contributed by atoms with Crippen molar-refractivity contribution in [2.24, 2.45) is 0 Å². The molecule has 9 heteroatoms. The third-order valence-electron chi connectivity index (χ3n) is 4.80. The molecule has 1 heterocycles. The molecular formula is C25H18N2O7. The smallest absolute Gasteiger partial charge is 0.335 e. The third kappa shape index (κ3) is 5.28. The van der Waals surface area contributed by atoms with E-state index in [9.17, 15) is 19.2 Å². The molecule has 0 spiro atoms. The normalized spacial score (nSPS) is 10.5. The second kappa shape index (κ2) is 9.70. The highest BCUT2D eigenvalue weighted by Crippen LogP contribution is 2.19. The standard InChI is InChI=1S/C25H18N2O7/c28-21-10-11-33-22-13-19(8-9-20(21)22)34-14-23(29)26-17-2-1-3-18(12-17)27-24(30)15-4-6-16(7-5-15)25(31)32/h1-13H,14H2,(H,26,29)(H,27,30)(H,31,32). The Morgan fingerprint density at radius 2 is 1.56 bits per heavy atom. The Bertz CT molecular complexity index is 1440. The van der Waals surface area contributed by atoms with Crippen molar-refractivity contribution in [3.05, 3.63) is 100 Å². The Kier molecular flexibility index (Phi) is 6.35. The Morgan fingerprint density at radius 3 is 2.29 bits per heavy atom. The number of hydrogen-bond acceptors (Lipinski definition) is 6. The van der Waals surface area contributed by atoms with Crippen molar-refractivity contribution < 1.29 is 28.6 Å². The Morgan fingerprint density at radius 1 is 0.853 bits per heavy atom. The summed E-state index contributed by atoms with van der Waals surface area (Å²) in [6.45, 7) is -0.283. The number of amides is 2. The zero-order chi connectivity index (χ0) is 24.1. The summed E-state index contributed by atoms with van der Waals surface area (Å²) < 4.78 is 10.8. The van der Waals surface area contributed by atoms with E-state index in [0.717, 1.165) is 0 Å². The summed E-state index contributed by atoms with van der Waals surface area (Å²) in [6, 6.07) is 18.1. The predicted octanol–water partition coefficient (Wildman–Crippen LogP) is 3.76. The van der Waals surface area contributed by atoms with Gasteiger partial charge in [-0.2, -0.15) is 0 Å². The van der Waals surface area contributed by atoms with E-state index < -0.39 is 17.8 Å². The number of carbonyl (C=O) groups is 3. The maximum absolute atomic E-state index is 12.4. The van der Waals surface area contributed by atoms with Crippen molar-refractivity contribution in [2.75, 3.05) is 17.2 Å². The van der Waals surface area contributed by atoms with Gasteiger partial charge in [-0.25, -0.2) is 4.79 Å². The first-order valence-corrected chi connectivity index (χ1v) is 10.1. The van der Waals surface area contributed by atoms with Gasteiger partial charge >= 0.3 is 5.97 Å². The molecule has 0 atom stereocenters. The van der Waals surface area contributed by atoms with Crippen LogP contribution in [0.5, 0.6) is 5.75 Å². The number of ether oxygens (including phenoxy) is 1. The van der Waals surface area contributed by atoms with E-state index >= 15 is 0 Å².